The predicted octanol–water partition coefficient (Wildman–Crippen LogP) is 3.92. The zero-order chi connectivity index (χ0) is 12.3. The molecule has 0 saturated carbocycles. The van der Waals surface area contributed by atoms with E-state index in [1.54, 1.807) is 6.20 Å². The van der Waals surface area contributed by atoms with Crippen molar-refractivity contribution in [1.29, 1.82) is 0 Å². The average molecular weight is 252 g/mol. The first-order chi connectivity index (χ1) is 8.27. The summed E-state index contributed by atoms with van der Waals surface area (Å²) >= 11 is 5.98. The van der Waals surface area contributed by atoms with Crippen LogP contribution in [0.15, 0.2) is 18.5 Å². The highest BCUT2D eigenvalue weighted by Crippen LogP contribution is 2.24. The number of alkyl halides is 1. The van der Waals surface area contributed by atoms with E-state index in [0.717, 1.165) is 23.3 Å². The highest BCUT2D eigenvalue weighted by molar-refractivity contribution is 6.16. The van der Waals surface area contributed by atoms with Gasteiger partial charge in [0.05, 0.1) is 17.6 Å². The molecule has 0 aliphatic rings. The molecule has 0 saturated heterocycles. The number of rotatable bonds is 5. The van der Waals surface area contributed by atoms with Crippen molar-refractivity contribution in [2.75, 3.05) is 0 Å². The molecule has 0 fully saturated rings. The van der Waals surface area contributed by atoms with Crippen LogP contribution in [-0.2, 0) is 5.88 Å². The van der Waals surface area contributed by atoms with Crippen molar-refractivity contribution in [2.45, 2.75) is 45.0 Å². The van der Waals surface area contributed by atoms with E-state index in [0.29, 0.717) is 11.9 Å². The Morgan fingerprint density at radius 2 is 2.29 bits per heavy atom. The second-order valence-corrected chi connectivity index (χ2v) is 4.65. The summed E-state index contributed by atoms with van der Waals surface area (Å²) in [4.78, 5) is 8.63. The molecule has 2 rings (SSSR count). The highest BCUT2D eigenvalue weighted by Gasteiger charge is 2.14. The lowest BCUT2D eigenvalue weighted by Gasteiger charge is -2.16. The van der Waals surface area contributed by atoms with Crippen LogP contribution < -0.4 is 0 Å². The Kier molecular flexibility index (Phi) is 4.00. The van der Waals surface area contributed by atoms with Crippen LogP contribution >= 0.6 is 11.6 Å². The summed E-state index contributed by atoms with van der Waals surface area (Å²) in [5, 5.41) is 0. The number of aromatic nitrogens is 3. The number of imidazole rings is 1. The molecule has 0 radical (unpaired) electrons. The average Bonchev–Trinajstić information content (AvgIpc) is 2.74. The summed E-state index contributed by atoms with van der Waals surface area (Å²) in [6.45, 7) is 4.44. The maximum Gasteiger partial charge on any atom is 0.125 e. The minimum atomic E-state index is 0.441. The Morgan fingerprint density at radius 1 is 1.47 bits per heavy atom. The first-order valence-electron chi connectivity index (χ1n) is 6.14. The van der Waals surface area contributed by atoms with Crippen LogP contribution in [0.25, 0.3) is 11.0 Å². The van der Waals surface area contributed by atoms with E-state index in [1.165, 1.54) is 12.8 Å². The molecule has 2 heterocycles. The third kappa shape index (κ3) is 2.44. The molecule has 3 nitrogen and oxygen atoms in total. The fourth-order valence-corrected chi connectivity index (χ4v) is 2.40. The van der Waals surface area contributed by atoms with E-state index in [4.69, 9.17) is 11.6 Å². The molecule has 17 heavy (non-hydrogen) atoms. The lowest BCUT2D eigenvalue weighted by atomic mass is 10.1. The Morgan fingerprint density at radius 3 is 3.00 bits per heavy atom. The number of unbranched alkanes of at least 4 members (excludes halogenated alkanes) is 1. The molecule has 92 valence electrons. The number of halogens is 1. The van der Waals surface area contributed by atoms with Gasteiger partial charge in [-0.25, -0.2) is 4.98 Å². The van der Waals surface area contributed by atoms with E-state index >= 15 is 0 Å². The van der Waals surface area contributed by atoms with Crippen molar-refractivity contribution >= 4 is 22.6 Å². The minimum Gasteiger partial charge on any atom is -0.324 e. The summed E-state index contributed by atoms with van der Waals surface area (Å²) in [6, 6.07) is 2.46. The Balaban J connectivity index is 2.42. The second kappa shape index (κ2) is 5.50. The van der Waals surface area contributed by atoms with Crippen LogP contribution in [0.3, 0.4) is 0 Å². The SMILES string of the molecule is CCCCC(C)n1c(CCl)nc2cnccc21. The van der Waals surface area contributed by atoms with Crippen LogP contribution in [0, 0.1) is 0 Å². The van der Waals surface area contributed by atoms with E-state index in [2.05, 4.69) is 28.4 Å². The lowest BCUT2D eigenvalue weighted by molar-refractivity contribution is 0.485. The van der Waals surface area contributed by atoms with Gasteiger partial charge in [-0.2, -0.15) is 0 Å². The Hall–Kier alpha value is -1.09. The smallest absolute Gasteiger partial charge is 0.125 e. The molecule has 0 spiro atoms. The molecule has 0 aliphatic carbocycles. The number of hydrogen-bond acceptors (Lipinski definition) is 2. The summed E-state index contributed by atoms with van der Waals surface area (Å²) in [5.74, 6) is 1.39. The maximum absolute atomic E-state index is 5.98. The van der Waals surface area contributed by atoms with E-state index in [-0.39, 0.29) is 0 Å². The highest BCUT2D eigenvalue weighted by atomic mass is 35.5. The van der Waals surface area contributed by atoms with Gasteiger partial charge in [-0.3, -0.25) is 4.98 Å². The number of hydrogen-bond donors (Lipinski definition) is 0. The zero-order valence-corrected chi connectivity index (χ0v) is 11.1. The topological polar surface area (TPSA) is 30.7 Å². The Labute approximate surface area is 107 Å². The second-order valence-electron chi connectivity index (χ2n) is 4.39. The monoisotopic (exact) mass is 251 g/mol. The third-order valence-corrected chi connectivity index (χ3v) is 3.34. The summed E-state index contributed by atoms with van der Waals surface area (Å²) < 4.78 is 2.25. The van der Waals surface area contributed by atoms with Crippen molar-refractivity contribution < 1.29 is 0 Å². The molecule has 0 aliphatic heterocycles. The van der Waals surface area contributed by atoms with Gasteiger partial charge in [0.25, 0.3) is 0 Å². The normalized spacial score (nSPS) is 13.1. The quantitative estimate of drug-likeness (QED) is 0.754. The van der Waals surface area contributed by atoms with Gasteiger partial charge < -0.3 is 4.57 Å². The molecule has 0 bridgehead atoms. The van der Waals surface area contributed by atoms with Crippen molar-refractivity contribution in [3.8, 4) is 0 Å². The molecule has 0 N–H and O–H groups in total. The van der Waals surface area contributed by atoms with Crippen LogP contribution in [0.5, 0.6) is 0 Å². The molecule has 1 atom stereocenters. The summed E-state index contributed by atoms with van der Waals surface area (Å²) in [5.41, 5.74) is 2.07. The van der Waals surface area contributed by atoms with Crippen LogP contribution in [-0.4, -0.2) is 14.5 Å². The lowest BCUT2D eigenvalue weighted by Crippen LogP contribution is -2.08. The molecule has 1 unspecified atom stereocenters. The molecular formula is C13H18ClN3. The first kappa shape index (κ1) is 12.4. The summed E-state index contributed by atoms with van der Waals surface area (Å²) in [6.07, 6.45) is 7.22. The van der Waals surface area contributed by atoms with Gasteiger partial charge in [0.2, 0.25) is 0 Å². The molecule has 0 aromatic carbocycles. The Bertz CT molecular complexity index is 492. The fraction of sp³-hybridized carbons (Fsp3) is 0.538. The number of nitrogens with zero attached hydrogens (tertiary/aromatic N) is 3. The number of fused-ring (bicyclic) bond motifs is 1. The van der Waals surface area contributed by atoms with Crippen LogP contribution in [0.1, 0.15) is 45.0 Å². The van der Waals surface area contributed by atoms with Crippen LogP contribution in [0.2, 0.25) is 0 Å². The third-order valence-electron chi connectivity index (χ3n) is 3.10. The number of pyridine rings is 1. The van der Waals surface area contributed by atoms with E-state index < -0.39 is 0 Å². The van der Waals surface area contributed by atoms with Gasteiger partial charge in [0, 0.05) is 12.2 Å². The first-order valence-corrected chi connectivity index (χ1v) is 6.68. The van der Waals surface area contributed by atoms with Crippen molar-refractivity contribution in [3.63, 3.8) is 0 Å². The van der Waals surface area contributed by atoms with Crippen molar-refractivity contribution in [3.05, 3.63) is 24.3 Å². The van der Waals surface area contributed by atoms with Gasteiger partial charge in [-0.15, -0.1) is 11.6 Å². The molecule has 0 amide bonds. The molecule has 4 heteroatoms. The minimum absolute atomic E-state index is 0.441. The van der Waals surface area contributed by atoms with E-state index in [1.807, 2.05) is 12.3 Å². The maximum atomic E-state index is 5.98. The van der Waals surface area contributed by atoms with Gasteiger partial charge in [-0.05, 0) is 19.4 Å². The van der Waals surface area contributed by atoms with Crippen LogP contribution in [0.4, 0.5) is 0 Å². The van der Waals surface area contributed by atoms with Gasteiger partial charge in [-0.1, -0.05) is 19.8 Å². The van der Waals surface area contributed by atoms with E-state index in [9.17, 15) is 0 Å². The van der Waals surface area contributed by atoms with Gasteiger partial charge in [0.1, 0.15) is 11.3 Å². The molecule has 2 aromatic heterocycles. The largest absolute Gasteiger partial charge is 0.324 e. The zero-order valence-electron chi connectivity index (χ0n) is 10.4. The standard InChI is InChI=1S/C13H18ClN3/c1-3-4-5-10(2)17-12-6-7-15-9-11(12)16-13(17)8-14/h6-7,9-10H,3-5,8H2,1-2H3. The van der Waals surface area contributed by atoms with Gasteiger partial charge in [0.15, 0.2) is 0 Å². The predicted molar refractivity (Wildman–Crippen MR) is 71.3 cm³/mol. The van der Waals surface area contributed by atoms with Crippen molar-refractivity contribution in [1.82, 2.24) is 14.5 Å². The fourth-order valence-electron chi connectivity index (χ4n) is 2.22. The van der Waals surface area contributed by atoms with Crippen molar-refractivity contribution in [2.24, 2.45) is 0 Å². The molecular weight excluding hydrogens is 234 g/mol. The molecule has 2 aromatic rings. The summed E-state index contributed by atoms with van der Waals surface area (Å²) in [7, 11) is 0. The van der Waals surface area contributed by atoms with Gasteiger partial charge >= 0.3 is 0 Å².